The maximum absolute atomic E-state index is 11.2. The first kappa shape index (κ1) is 15.6. The van der Waals surface area contributed by atoms with Gasteiger partial charge in [0.15, 0.2) is 0 Å². The second-order valence-corrected chi connectivity index (χ2v) is 4.53. The van der Waals surface area contributed by atoms with Crippen molar-refractivity contribution in [3.05, 3.63) is 35.4 Å². The predicted octanol–water partition coefficient (Wildman–Crippen LogP) is -0.565. The minimum absolute atomic E-state index is 0.0397. The zero-order valence-electron chi connectivity index (χ0n) is 10.7. The van der Waals surface area contributed by atoms with Gasteiger partial charge in [-0.1, -0.05) is 24.3 Å². The van der Waals surface area contributed by atoms with E-state index in [0.717, 1.165) is 0 Å². The molecule has 1 aromatic rings. The molecule has 0 spiro atoms. The molecule has 0 aliphatic heterocycles. The van der Waals surface area contributed by atoms with E-state index in [9.17, 15) is 25.2 Å². The molecule has 0 radical (unpaired) electrons. The molecule has 5 heteroatoms. The van der Waals surface area contributed by atoms with Crippen molar-refractivity contribution < 1.29 is 25.2 Å². The molecule has 0 unspecified atom stereocenters. The van der Waals surface area contributed by atoms with Gasteiger partial charge in [0.05, 0.1) is 5.97 Å². The molecule has 0 bridgehead atoms. The highest BCUT2D eigenvalue weighted by Crippen LogP contribution is 2.36. The van der Waals surface area contributed by atoms with Crippen molar-refractivity contribution in [1.29, 1.82) is 0 Å². The molecule has 106 valence electrons. The second-order valence-electron chi connectivity index (χ2n) is 4.53. The molecular formula is C14H19O5-. The van der Waals surface area contributed by atoms with Crippen LogP contribution in [0.15, 0.2) is 24.3 Å². The highest BCUT2D eigenvalue weighted by atomic mass is 16.4. The molecule has 0 amide bonds. The number of hydrogen-bond acceptors (Lipinski definition) is 5. The van der Waals surface area contributed by atoms with E-state index < -0.39 is 11.4 Å². The van der Waals surface area contributed by atoms with Gasteiger partial charge in [0.1, 0.15) is 0 Å². The largest absolute Gasteiger partial charge is 0.545 e. The third-order valence-electron chi connectivity index (χ3n) is 3.49. The van der Waals surface area contributed by atoms with Gasteiger partial charge < -0.3 is 25.2 Å². The fraction of sp³-hybridized carbons (Fsp3) is 0.500. The number of benzene rings is 1. The summed E-state index contributed by atoms with van der Waals surface area (Å²) in [6.45, 7) is -0.454. The topological polar surface area (TPSA) is 101 Å². The SMILES string of the molecule is O=C([O-])c1ccccc1C(CCO)(CCO)CCO. The maximum Gasteiger partial charge on any atom is 0.0718 e. The molecule has 0 saturated heterocycles. The van der Waals surface area contributed by atoms with Gasteiger partial charge in [-0.25, -0.2) is 0 Å². The van der Waals surface area contributed by atoms with Crippen molar-refractivity contribution >= 4 is 5.97 Å². The molecule has 0 fully saturated rings. The van der Waals surface area contributed by atoms with Crippen molar-refractivity contribution in [2.24, 2.45) is 0 Å². The summed E-state index contributed by atoms with van der Waals surface area (Å²) in [7, 11) is 0. The van der Waals surface area contributed by atoms with Gasteiger partial charge in [-0.05, 0) is 24.8 Å². The van der Waals surface area contributed by atoms with E-state index in [1.165, 1.54) is 6.07 Å². The number of carbonyl (C=O) groups excluding carboxylic acids is 1. The lowest BCUT2D eigenvalue weighted by Crippen LogP contribution is -2.34. The summed E-state index contributed by atoms with van der Waals surface area (Å²) >= 11 is 0. The summed E-state index contributed by atoms with van der Waals surface area (Å²) in [5, 5.41) is 38.8. The number of hydrogen-bond donors (Lipinski definition) is 3. The Morgan fingerprint density at radius 3 is 1.89 bits per heavy atom. The molecule has 5 nitrogen and oxygen atoms in total. The molecule has 19 heavy (non-hydrogen) atoms. The lowest BCUT2D eigenvalue weighted by Gasteiger charge is -2.35. The van der Waals surface area contributed by atoms with Crippen LogP contribution in [0.3, 0.4) is 0 Å². The standard InChI is InChI=1S/C14H20O5/c15-8-5-14(6-9-16,7-10-17)12-4-2-1-3-11(12)13(18)19/h1-4,15-17H,5-10H2,(H,18,19)/p-1. The van der Waals surface area contributed by atoms with Crippen LogP contribution < -0.4 is 5.11 Å². The van der Waals surface area contributed by atoms with E-state index in [0.29, 0.717) is 5.56 Å². The average Bonchev–Trinajstić information content (AvgIpc) is 2.39. The van der Waals surface area contributed by atoms with Crippen molar-refractivity contribution in [3.8, 4) is 0 Å². The van der Waals surface area contributed by atoms with Gasteiger partial charge in [-0.2, -0.15) is 0 Å². The molecule has 0 aliphatic carbocycles. The minimum Gasteiger partial charge on any atom is -0.545 e. The Morgan fingerprint density at radius 1 is 1.00 bits per heavy atom. The van der Waals surface area contributed by atoms with Crippen LogP contribution in [0.1, 0.15) is 35.2 Å². The Labute approximate surface area is 112 Å². The first-order valence-corrected chi connectivity index (χ1v) is 6.24. The normalized spacial score (nSPS) is 11.5. The van der Waals surface area contributed by atoms with E-state index in [-0.39, 0.29) is 44.6 Å². The van der Waals surface area contributed by atoms with Gasteiger partial charge in [-0.15, -0.1) is 0 Å². The van der Waals surface area contributed by atoms with Crippen LogP contribution in [0.2, 0.25) is 0 Å². The lowest BCUT2D eigenvalue weighted by molar-refractivity contribution is -0.255. The molecule has 3 N–H and O–H groups in total. The van der Waals surface area contributed by atoms with Crippen LogP contribution >= 0.6 is 0 Å². The third kappa shape index (κ3) is 3.53. The first-order valence-electron chi connectivity index (χ1n) is 6.24. The molecule has 0 aliphatic rings. The van der Waals surface area contributed by atoms with Gasteiger partial charge in [0, 0.05) is 30.8 Å². The quantitative estimate of drug-likeness (QED) is 0.586. The number of carboxylic acids is 1. The predicted molar refractivity (Wildman–Crippen MR) is 67.6 cm³/mol. The van der Waals surface area contributed by atoms with Gasteiger partial charge in [-0.3, -0.25) is 0 Å². The summed E-state index contributed by atoms with van der Waals surface area (Å²) in [4.78, 5) is 11.2. The molecule has 1 rings (SSSR count). The zero-order chi connectivity index (χ0) is 14.3. The van der Waals surface area contributed by atoms with Crippen molar-refractivity contribution in [2.75, 3.05) is 19.8 Å². The highest BCUT2D eigenvalue weighted by molar-refractivity contribution is 5.88. The fourth-order valence-electron chi connectivity index (χ4n) is 2.54. The van der Waals surface area contributed by atoms with E-state index in [4.69, 9.17) is 0 Å². The molecule has 0 saturated carbocycles. The monoisotopic (exact) mass is 267 g/mol. The number of aromatic carboxylic acids is 1. The van der Waals surface area contributed by atoms with Gasteiger partial charge in [0.2, 0.25) is 0 Å². The third-order valence-corrected chi connectivity index (χ3v) is 3.49. The summed E-state index contributed by atoms with van der Waals surface area (Å²) in [6, 6.07) is 6.37. The fourth-order valence-corrected chi connectivity index (χ4v) is 2.54. The number of rotatable bonds is 8. The zero-order valence-corrected chi connectivity index (χ0v) is 10.7. The van der Waals surface area contributed by atoms with Crippen molar-refractivity contribution in [2.45, 2.75) is 24.7 Å². The summed E-state index contributed by atoms with van der Waals surface area (Å²) < 4.78 is 0. The minimum atomic E-state index is -1.30. The average molecular weight is 267 g/mol. The summed E-state index contributed by atoms with van der Waals surface area (Å²) in [5.74, 6) is -1.30. The summed E-state index contributed by atoms with van der Waals surface area (Å²) in [5.41, 5.74) is -0.223. The Bertz CT molecular complexity index is 399. The molecule has 0 aromatic heterocycles. The number of carboxylic acid groups (broad SMARTS) is 1. The van der Waals surface area contributed by atoms with E-state index >= 15 is 0 Å². The molecule has 0 atom stereocenters. The lowest BCUT2D eigenvalue weighted by atomic mass is 9.71. The second kappa shape index (κ2) is 7.23. The first-order chi connectivity index (χ1) is 9.11. The smallest absolute Gasteiger partial charge is 0.0718 e. The van der Waals surface area contributed by atoms with Crippen LogP contribution in [0.25, 0.3) is 0 Å². The van der Waals surface area contributed by atoms with Crippen molar-refractivity contribution in [1.82, 2.24) is 0 Å². The summed E-state index contributed by atoms with van der Waals surface area (Å²) in [6.07, 6.45) is 0.829. The Balaban J connectivity index is 3.33. The van der Waals surface area contributed by atoms with Crippen LogP contribution in [0.4, 0.5) is 0 Å². The van der Waals surface area contributed by atoms with Gasteiger partial charge >= 0.3 is 0 Å². The molecule has 0 heterocycles. The van der Waals surface area contributed by atoms with Crippen molar-refractivity contribution in [3.63, 3.8) is 0 Å². The van der Waals surface area contributed by atoms with E-state index in [1.807, 2.05) is 0 Å². The number of carbonyl (C=O) groups is 1. The highest BCUT2D eigenvalue weighted by Gasteiger charge is 2.32. The van der Waals surface area contributed by atoms with Crippen LogP contribution in [-0.4, -0.2) is 41.1 Å². The Kier molecular flexibility index (Phi) is 5.95. The van der Waals surface area contributed by atoms with Crippen LogP contribution in [0, 0.1) is 0 Å². The van der Waals surface area contributed by atoms with Crippen LogP contribution in [-0.2, 0) is 5.41 Å². The molecular weight excluding hydrogens is 248 g/mol. The molecule has 1 aromatic carbocycles. The van der Waals surface area contributed by atoms with Gasteiger partial charge in [0.25, 0.3) is 0 Å². The van der Waals surface area contributed by atoms with E-state index in [1.54, 1.807) is 18.2 Å². The number of aliphatic hydroxyl groups is 3. The van der Waals surface area contributed by atoms with Crippen LogP contribution in [0.5, 0.6) is 0 Å². The number of aliphatic hydroxyl groups excluding tert-OH is 3. The Morgan fingerprint density at radius 2 is 1.47 bits per heavy atom. The Hall–Kier alpha value is -1.43. The maximum atomic E-state index is 11.2. The van der Waals surface area contributed by atoms with E-state index in [2.05, 4.69) is 0 Å².